The van der Waals surface area contributed by atoms with Gasteiger partial charge in [-0.3, -0.25) is 4.57 Å². The minimum absolute atomic E-state index is 0.0128. The summed E-state index contributed by atoms with van der Waals surface area (Å²) >= 11 is 0. The molecule has 0 saturated carbocycles. The zero-order valence-electron chi connectivity index (χ0n) is 14.1. The topological polar surface area (TPSA) is 95.0 Å². The van der Waals surface area contributed by atoms with Gasteiger partial charge in [-0.2, -0.15) is 19.3 Å². The Kier molecular flexibility index (Phi) is 5.39. The van der Waals surface area contributed by atoms with Crippen molar-refractivity contribution in [1.29, 1.82) is 5.26 Å². The largest absolute Gasteiger partial charge is 0.353 e. The van der Waals surface area contributed by atoms with Crippen LogP contribution in [0.5, 0.6) is 0 Å². The molecule has 0 radical (unpaired) electrons. The summed E-state index contributed by atoms with van der Waals surface area (Å²) in [6, 6.07) is 2.17. The lowest BCUT2D eigenvalue weighted by Crippen LogP contribution is -2.26. The van der Waals surface area contributed by atoms with E-state index in [1.54, 1.807) is 6.92 Å². The molecule has 0 amide bonds. The molecule has 0 aromatic carbocycles. The summed E-state index contributed by atoms with van der Waals surface area (Å²) in [7, 11) is 0. The number of hydrogen-bond acceptors (Lipinski definition) is 6. The van der Waals surface area contributed by atoms with Crippen molar-refractivity contribution >= 4 is 0 Å². The Hall–Kier alpha value is -2.64. The first kappa shape index (κ1) is 18.2. The Morgan fingerprint density at radius 3 is 2.92 bits per heavy atom. The molecule has 1 atom stereocenters. The van der Waals surface area contributed by atoms with Crippen LogP contribution in [-0.2, 0) is 22.6 Å². The number of hydrogen-bond donors (Lipinski definition) is 0. The highest BCUT2D eigenvalue weighted by Gasteiger charge is 2.21. The highest BCUT2D eigenvalue weighted by Crippen LogP contribution is 2.16. The van der Waals surface area contributed by atoms with Crippen LogP contribution >= 0.6 is 0 Å². The van der Waals surface area contributed by atoms with Crippen molar-refractivity contribution < 1.29 is 18.3 Å². The molecule has 2 aromatic rings. The molecule has 1 saturated heterocycles. The van der Waals surface area contributed by atoms with Gasteiger partial charge in [-0.15, -0.1) is 5.10 Å². The highest BCUT2D eigenvalue weighted by molar-refractivity contribution is 5.34. The van der Waals surface area contributed by atoms with E-state index in [0.717, 1.165) is 19.3 Å². The minimum Gasteiger partial charge on any atom is -0.353 e. The van der Waals surface area contributed by atoms with Gasteiger partial charge in [0.1, 0.15) is 18.2 Å². The fourth-order valence-electron chi connectivity index (χ4n) is 2.69. The van der Waals surface area contributed by atoms with Gasteiger partial charge in [0.15, 0.2) is 23.7 Å². The second-order valence-corrected chi connectivity index (χ2v) is 5.71. The number of pyridine rings is 1. The van der Waals surface area contributed by atoms with Crippen molar-refractivity contribution in [1.82, 2.24) is 19.3 Å². The number of rotatable bonds is 5. The third kappa shape index (κ3) is 3.49. The lowest BCUT2D eigenvalue weighted by atomic mass is 10.2. The van der Waals surface area contributed by atoms with E-state index in [-0.39, 0.29) is 25.3 Å². The third-order valence-electron chi connectivity index (χ3n) is 4.02. The van der Waals surface area contributed by atoms with Gasteiger partial charge in [0.2, 0.25) is 5.95 Å². The van der Waals surface area contributed by atoms with Crippen molar-refractivity contribution in [3.8, 4) is 11.9 Å². The lowest BCUT2D eigenvalue weighted by Gasteiger charge is -2.22. The Morgan fingerprint density at radius 1 is 1.46 bits per heavy atom. The van der Waals surface area contributed by atoms with Crippen LogP contribution in [0.3, 0.4) is 0 Å². The molecule has 138 valence electrons. The lowest BCUT2D eigenvalue weighted by molar-refractivity contribution is -0.170. The summed E-state index contributed by atoms with van der Waals surface area (Å²) in [6.45, 7) is 2.58. The molecule has 10 heteroatoms. The minimum atomic E-state index is -1.17. The van der Waals surface area contributed by atoms with Crippen LogP contribution in [-0.4, -0.2) is 32.2 Å². The van der Waals surface area contributed by atoms with Crippen molar-refractivity contribution in [3.63, 3.8) is 0 Å². The second kappa shape index (κ2) is 7.72. The van der Waals surface area contributed by atoms with E-state index < -0.39 is 28.8 Å². The Balaban J connectivity index is 1.92. The third-order valence-corrected chi connectivity index (χ3v) is 4.02. The van der Waals surface area contributed by atoms with E-state index in [1.165, 1.54) is 10.6 Å². The van der Waals surface area contributed by atoms with E-state index in [2.05, 4.69) is 10.1 Å². The molecule has 26 heavy (non-hydrogen) atoms. The summed E-state index contributed by atoms with van der Waals surface area (Å²) in [5, 5.41) is 12.8. The quantitative estimate of drug-likeness (QED) is 0.748. The first-order valence-electron chi connectivity index (χ1n) is 8.23. The number of nitrogens with zero attached hydrogens (tertiary/aromatic N) is 5. The van der Waals surface area contributed by atoms with Gasteiger partial charge < -0.3 is 9.47 Å². The Morgan fingerprint density at radius 2 is 2.27 bits per heavy atom. The maximum atomic E-state index is 14.2. The normalized spacial score (nSPS) is 17.2. The number of ether oxygens (including phenoxy) is 2. The molecule has 1 unspecified atom stereocenters. The van der Waals surface area contributed by atoms with E-state index >= 15 is 0 Å². The summed E-state index contributed by atoms with van der Waals surface area (Å²) < 4.78 is 40.9. The highest BCUT2D eigenvalue weighted by atomic mass is 19.1. The van der Waals surface area contributed by atoms with Crippen LogP contribution in [0.25, 0.3) is 5.82 Å². The van der Waals surface area contributed by atoms with E-state index in [0.29, 0.717) is 17.4 Å². The summed E-state index contributed by atoms with van der Waals surface area (Å²) in [5.41, 5.74) is -1.22. The predicted octanol–water partition coefficient (Wildman–Crippen LogP) is 1.64. The molecule has 3 rings (SSSR count). The Labute approximate surface area is 147 Å². The first-order valence-corrected chi connectivity index (χ1v) is 8.23. The molecule has 2 aromatic heterocycles. The first-order chi connectivity index (χ1) is 12.5. The second-order valence-electron chi connectivity index (χ2n) is 5.71. The predicted molar refractivity (Wildman–Crippen MR) is 84.3 cm³/mol. The van der Waals surface area contributed by atoms with Crippen molar-refractivity contribution in [2.24, 2.45) is 0 Å². The molecule has 1 aliphatic heterocycles. The summed E-state index contributed by atoms with van der Waals surface area (Å²) in [4.78, 5) is 15.8. The molecular formula is C16H17F2N5O3. The van der Waals surface area contributed by atoms with Gasteiger partial charge in [0, 0.05) is 19.2 Å². The van der Waals surface area contributed by atoms with Crippen LogP contribution in [0.15, 0.2) is 10.9 Å². The zero-order chi connectivity index (χ0) is 18.7. The molecule has 0 spiro atoms. The standard InChI is InChI=1S/C16H17F2N5O3/c1-2-22-12(9-26-13-5-3-4-6-25-13)21-23(16(22)24)15-11(17)7-10(8-19)14(18)20-15/h7,13H,2-6,9H2,1H3. The van der Waals surface area contributed by atoms with Gasteiger partial charge >= 0.3 is 5.69 Å². The average molecular weight is 365 g/mol. The van der Waals surface area contributed by atoms with E-state index in [9.17, 15) is 13.6 Å². The van der Waals surface area contributed by atoms with Crippen molar-refractivity contribution in [2.45, 2.75) is 45.6 Å². The van der Waals surface area contributed by atoms with Crippen LogP contribution in [0.1, 0.15) is 37.6 Å². The van der Waals surface area contributed by atoms with Crippen LogP contribution < -0.4 is 5.69 Å². The van der Waals surface area contributed by atoms with Crippen molar-refractivity contribution in [2.75, 3.05) is 6.61 Å². The molecular weight excluding hydrogens is 348 g/mol. The Bertz CT molecular complexity index is 897. The van der Waals surface area contributed by atoms with Gasteiger partial charge in [0.25, 0.3) is 0 Å². The maximum Gasteiger partial charge on any atom is 0.352 e. The molecule has 0 bridgehead atoms. The van der Waals surface area contributed by atoms with Crippen LogP contribution in [0.4, 0.5) is 8.78 Å². The summed E-state index contributed by atoms with van der Waals surface area (Å²) in [6.07, 6.45) is 2.33. The fraction of sp³-hybridized carbons (Fsp3) is 0.500. The van der Waals surface area contributed by atoms with Gasteiger partial charge in [0.05, 0.1) is 0 Å². The number of nitriles is 1. The fourth-order valence-corrected chi connectivity index (χ4v) is 2.69. The number of halogens is 2. The number of aromatic nitrogens is 4. The van der Waals surface area contributed by atoms with E-state index in [1.807, 2.05) is 0 Å². The smallest absolute Gasteiger partial charge is 0.352 e. The van der Waals surface area contributed by atoms with Gasteiger partial charge in [-0.25, -0.2) is 9.18 Å². The SMILES string of the molecule is CCn1c(COC2CCCCO2)nn(-c2nc(F)c(C#N)cc2F)c1=O. The molecule has 0 N–H and O–H groups in total. The summed E-state index contributed by atoms with van der Waals surface area (Å²) in [5.74, 6) is -2.55. The zero-order valence-corrected chi connectivity index (χ0v) is 14.1. The van der Waals surface area contributed by atoms with Crippen LogP contribution in [0.2, 0.25) is 0 Å². The molecule has 0 aliphatic carbocycles. The monoisotopic (exact) mass is 365 g/mol. The molecule has 1 fully saturated rings. The van der Waals surface area contributed by atoms with E-state index in [4.69, 9.17) is 14.7 Å². The van der Waals surface area contributed by atoms with Crippen molar-refractivity contribution in [3.05, 3.63) is 39.7 Å². The van der Waals surface area contributed by atoms with Crippen LogP contribution in [0, 0.1) is 23.1 Å². The average Bonchev–Trinajstić information content (AvgIpc) is 2.97. The van der Waals surface area contributed by atoms with Gasteiger partial charge in [-0.05, 0) is 26.2 Å². The molecule has 3 heterocycles. The van der Waals surface area contributed by atoms with Gasteiger partial charge in [-0.1, -0.05) is 0 Å². The maximum absolute atomic E-state index is 14.2. The molecule has 1 aliphatic rings. The molecule has 8 nitrogen and oxygen atoms in total.